The molecule has 0 atom stereocenters. The summed E-state index contributed by atoms with van der Waals surface area (Å²) in [5.41, 5.74) is 2.92. The van der Waals surface area contributed by atoms with E-state index in [-0.39, 0.29) is 11.8 Å². The quantitative estimate of drug-likeness (QED) is 0.899. The lowest BCUT2D eigenvalue weighted by atomic mass is 10.1. The lowest BCUT2D eigenvalue weighted by Crippen LogP contribution is -2.17. The third-order valence-electron chi connectivity index (χ3n) is 2.95. The van der Waals surface area contributed by atoms with Gasteiger partial charge in [-0.2, -0.15) is 0 Å². The molecule has 0 aromatic heterocycles. The molecule has 0 bridgehead atoms. The first kappa shape index (κ1) is 13.8. The van der Waals surface area contributed by atoms with Crippen molar-refractivity contribution >= 4 is 17.5 Å². The van der Waals surface area contributed by atoms with Gasteiger partial charge in [-0.25, -0.2) is 0 Å². The van der Waals surface area contributed by atoms with Gasteiger partial charge in [-0.15, -0.1) is 0 Å². The zero-order chi connectivity index (χ0) is 14.5. The minimum atomic E-state index is -0.169. The largest absolute Gasteiger partial charge is 0.355 e. The van der Waals surface area contributed by atoms with Crippen molar-refractivity contribution in [2.75, 3.05) is 12.4 Å². The Kier molecular flexibility index (Phi) is 4.15. The maximum Gasteiger partial charge on any atom is 0.255 e. The van der Waals surface area contributed by atoms with Crippen LogP contribution in [0.2, 0.25) is 0 Å². The van der Waals surface area contributed by atoms with Crippen LogP contribution in [-0.4, -0.2) is 18.9 Å². The van der Waals surface area contributed by atoms with E-state index in [1.54, 1.807) is 43.4 Å². The number of hydrogen-bond acceptors (Lipinski definition) is 2. The fraction of sp³-hybridized carbons (Fsp3) is 0.125. The van der Waals surface area contributed by atoms with Crippen LogP contribution in [0.1, 0.15) is 26.3 Å². The number of hydrogen-bond donors (Lipinski definition) is 2. The molecule has 0 heterocycles. The number of benzene rings is 2. The molecule has 2 aromatic rings. The van der Waals surface area contributed by atoms with E-state index in [0.29, 0.717) is 16.8 Å². The highest BCUT2D eigenvalue weighted by Gasteiger charge is 2.07. The lowest BCUT2D eigenvalue weighted by molar-refractivity contribution is 0.0962. The van der Waals surface area contributed by atoms with Crippen molar-refractivity contribution < 1.29 is 9.59 Å². The molecule has 2 rings (SSSR count). The molecule has 0 radical (unpaired) electrons. The molecule has 0 saturated heterocycles. The zero-order valence-corrected chi connectivity index (χ0v) is 11.4. The number of carbonyl (C=O) groups excluding carboxylic acids is 2. The zero-order valence-electron chi connectivity index (χ0n) is 11.4. The number of rotatable bonds is 3. The molecule has 2 aromatic carbocycles. The van der Waals surface area contributed by atoms with Gasteiger partial charge < -0.3 is 10.6 Å². The summed E-state index contributed by atoms with van der Waals surface area (Å²) in [5.74, 6) is -0.320. The summed E-state index contributed by atoms with van der Waals surface area (Å²) in [6.07, 6.45) is 0. The Morgan fingerprint density at radius 3 is 1.85 bits per heavy atom. The average molecular weight is 268 g/mol. The molecule has 0 spiro atoms. The Morgan fingerprint density at radius 2 is 1.30 bits per heavy atom. The van der Waals surface area contributed by atoms with E-state index in [1.165, 1.54) is 0 Å². The van der Waals surface area contributed by atoms with Crippen molar-refractivity contribution in [3.8, 4) is 0 Å². The molecule has 0 saturated carbocycles. The van der Waals surface area contributed by atoms with Crippen molar-refractivity contribution in [1.82, 2.24) is 5.32 Å². The molecule has 0 unspecified atom stereocenters. The standard InChI is InChI=1S/C16H16N2O2/c1-11-3-5-13(6-4-11)16(20)18-14-9-7-12(8-10-14)15(19)17-2/h3-10H,1-2H3,(H,17,19)(H,18,20). The summed E-state index contributed by atoms with van der Waals surface area (Å²) in [6.45, 7) is 1.97. The van der Waals surface area contributed by atoms with Crippen LogP contribution in [0, 0.1) is 6.92 Å². The van der Waals surface area contributed by atoms with Crippen LogP contribution in [0.4, 0.5) is 5.69 Å². The van der Waals surface area contributed by atoms with Gasteiger partial charge in [-0.3, -0.25) is 9.59 Å². The molecule has 2 amide bonds. The predicted octanol–water partition coefficient (Wildman–Crippen LogP) is 2.61. The van der Waals surface area contributed by atoms with E-state index >= 15 is 0 Å². The summed E-state index contributed by atoms with van der Waals surface area (Å²) >= 11 is 0. The van der Waals surface area contributed by atoms with E-state index < -0.39 is 0 Å². The first-order valence-electron chi connectivity index (χ1n) is 6.30. The summed E-state index contributed by atoms with van der Waals surface area (Å²) < 4.78 is 0. The highest BCUT2D eigenvalue weighted by Crippen LogP contribution is 2.12. The monoisotopic (exact) mass is 268 g/mol. The van der Waals surface area contributed by atoms with Crippen molar-refractivity contribution in [2.24, 2.45) is 0 Å². The Labute approximate surface area is 117 Å². The number of aryl methyl sites for hydroxylation is 1. The van der Waals surface area contributed by atoms with Crippen LogP contribution in [0.3, 0.4) is 0 Å². The molecule has 0 aliphatic heterocycles. The highest BCUT2D eigenvalue weighted by atomic mass is 16.2. The maximum atomic E-state index is 12.0. The van der Waals surface area contributed by atoms with Crippen molar-refractivity contribution in [3.05, 3.63) is 65.2 Å². The van der Waals surface area contributed by atoms with Crippen LogP contribution in [0.15, 0.2) is 48.5 Å². The fourth-order valence-corrected chi connectivity index (χ4v) is 1.76. The summed E-state index contributed by atoms with van der Waals surface area (Å²) in [5, 5.41) is 5.34. The van der Waals surface area contributed by atoms with E-state index in [4.69, 9.17) is 0 Å². The topological polar surface area (TPSA) is 58.2 Å². The Hall–Kier alpha value is -2.62. The number of amides is 2. The molecule has 0 fully saturated rings. The third-order valence-corrected chi connectivity index (χ3v) is 2.95. The molecule has 102 valence electrons. The van der Waals surface area contributed by atoms with Crippen molar-refractivity contribution in [3.63, 3.8) is 0 Å². The van der Waals surface area contributed by atoms with Crippen molar-refractivity contribution in [1.29, 1.82) is 0 Å². The third kappa shape index (κ3) is 3.23. The molecule has 4 heteroatoms. The van der Waals surface area contributed by atoms with Crippen LogP contribution >= 0.6 is 0 Å². The molecule has 0 aliphatic rings. The van der Waals surface area contributed by atoms with E-state index in [2.05, 4.69) is 10.6 Å². The predicted molar refractivity (Wildman–Crippen MR) is 79.0 cm³/mol. The second-order valence-corrected chi connectivity index (χ2v) is 4.48. The van der Waals surface area contributed by atoms with Crippen molar-refractivity contribution in [2.45, 2.75) is 6.92 Å². The first-order chi connectivity index (χ1) is 9.60. The second-order valence-electron chi connectivity index (χ2n) is 4.48. The van der Waals surface area contributed by atoms with Gasteiger partial charge in [0.25, 0.3) is 11.8 Å². The smallest absolute Gasteiger partial charge is 0.255 e. The van der Waals surface area contributed by atoms with Gasteiger partial charge >= 0.3 is 0 Å². The van der Waals surface area contributed by atoms with Gasteiger partial charge in [0.2, 0.25) is 0 Å². The minimum Gasteiger partial charge on any atom is -0.355 e. The summed E-state index contributed by atoms with van der Waals surface area (Å²) in [7, 11) is 1.58. The van der Waals surface area contributed by atoms with Gasteiger partial charge in [0.15, 0.2) is 0 Å². The Balaban J connectivity index is 2.08. The lowest BCUT2D eigenvalue weighted by Gasteiger charge is -2.06. The number of nitrogens with one attached hydrogen (secondary N) is 2. The van der Waals surface area contributed by atoms with Gasteiger partial charge in [0, 0.05) is 23.9 Å². The molecular weight excluding hydrogens is 252 g/mol. The van der Waals surface area contributed by atoms with Gasteiger partial charge in [-0.1, -0.05) is 17.7 Å². The van der Waals surface area contributed by atoms with Crippen LogP contribution in [0.5, 0.6) is 0 Å². The molecule has 2 N–H and O–H groups in total. The second kappa shape index (κ2) is 6.02. The van der Waals surface area contributed by atoms with E-state index in [0.717, 1.165) is 5.56 Å². The SMILES string of the molecule is CNC(=O)c1ccc(NC(=O)c2ccc(C)cc2)cc1. The number of carbonyl (C=O) groups is 2. The minimum absolute atomic E-state index is 0.151. The Morgan fingerprint density at radius 1 is 0.800 bits per heavy atom. The Bertz CT molecular complexity index is 616. The van der Waals surface area contributed by atoms with Gasteiger partial charge in [0.05, 0.1) is 0 Å². The van der Waals surface area contributed by atoms with E-state index in [1.807, 2.05) is 19.1 Å². The summed E-state index contributed by atoms with van der Waals surface area (Å²) in [6, 6.07) is 14.1. The fourth-order valence-electron chi connectivity index (χ4n) is 1.76. The maximum absolute atomic E-state index is 12.0. The molecule has 4 nitrogen and oxygen atoms in total. The molecular formula is C16H16N2O2. The molecule has 20 heavy (non-hydrogen) atoms. The molecule has 0 aliphatic carbocycles. The van der Waals surface area contributed by atoms with Gasteiger partial charge in [0.1, 0.15) is 0 Å². The first-order valence-corrected chi connectivity index (χ1v) is 6.30. The normalized spacial score (nSPS) is 9.90. The number of anilines is 1. The summed E-state index contributed by atoms with van der Waals surface area (Å²) in [4.78, 5) is 23.4. The average Bonchev–Trinajstić information content (AvgIpc) is 2.48. The van der Waals surface area contributed by atoms with Gasteiger partial charge in [-0.05, 0) is 43.3 Å². The van der Waals surface area contributed by atoms with Crippen LogP contribution in [0.25, 0.3) is 0 Å². The van der Waals surface area contributed by atoms with E-state index in [9.17, 15) is 9.59 Å². The highest BCUT2D eigenvalue weighted by molar-refractivity contribution is 6.04. The van der Waals surface area contributed by atoms with Crippen LogP contribution < -0.4 is 10.6 Å². The van der Waals surface area contributed by atoms with Crippen LogP contribution in [-0.2, 0) is 0 Å².